The number of hydrogen-bond donors (Lipinski definition) is 1. The highest BCUT2D eigenvalue weighted by Crippen LogP contribution is 2.33. The van der Waals surface area contributed by atoms with Crippen LogP contribution in [0.4, 0.5) is 5.82 Å². The van der Waals surface area contributed by atoms with Crippen molar-refractivity contribution in [3.8, 4) is 6.07 Å². The number of aromatic nitrogens is 1. The van der Waals surface area contributed by atoms with Gasteiger partial charge in [-0.25, -0.2) is 4.98 Å². The number of carbonyl (C=O) groups excluding carboxylic acids is 1. The summed E-state index contributed by atoms with van der Waals surface area (Å²) in [6.45, 7) is 10.4. The summed E-state index contributed by atoms with van der Waals surface area (Å²) in [5, 5.41) is 9.88. The van der Waals surface area contributed by atoms with E-state index in [0.29, 0.717) is 12.5 Å². The summed E-state index contributed by atoms with van der Waals surface area (Å²) in [6.07, 6.45) is 5.73. The topological polar surface area (TPSA) is 65.9 Å². The summed E-state index contributed by atoms with van der Waals surface area (Å²) < 4.78 is 0. The van der Waals surface area contributed by atoms with Gasteiger partial charge in [-0.15, -0.1) is 0 Å². The Morgan fingerprint density at radius 3 is 2.43 bits per heavy atom. The Bertz CT molecular complexity index is 783. The second-order valence-electron chi connectivity index (χ2n) is 8.84. The maximum absolute atomic E-state index is 12.6. The predicted octanol–water partition coefficient (Wildman–Crippen LogP) is 0.312. The largest absolute Gasteiger partial charge is 0.330 e. The van der Waals surface area contributed by atoms with Crippen LogP contribution in [0.1, 0.15) is 61.4 Å². The van der Waals surface area contributed by atoms with E-state index in [9.17, 15) is 10.1 Å². The molecule has 2 aliphatic heterocycles. The molecule has 0 radical (unpaired) electrons. The molecule has 3 heterocycles. The van der Waals surface area contributed by atoms with Crippen LogP contribution in [0.15, 0.2) is 0 Å². The number of rotatable bonds is 4. The molecule has 0 bridgehead atoms. The fraction of sp³-hybridized carbons (Fsp3) is 0.682. The number of fused-ring (bicyclic) bond motifs is 1. The Labute approximate surface area is 168 Å². The van der Waals surface area contributed by atoms with Gasteiger partial charge in [-0.2, -0.15) is 5.26 Å². The van der Waals surface area contributed by atoms with Crippen molar-refractivity contribution in [3.05, 3.63) is 22.4 Å². The van der Waals surface area contributed by atoms with Crippen LogP contribution in [0.2, 0.25) is 0 Å². The highest BCUT2D eigenvalue weighted by Gasteiger charge is 2.34. The van der Waals surface area contributed by atoms with Crippen molar-refractivity contribution in [3.63, 3.8) is 0 Å². The molecule has 1 amide bonds. The minimum atomic E-state index is 0.290. The molecule has 2 fully saturated rings. The number of pyridine rings is 1. The van der Waals surface area contributed by atoms with E-state index in [1.165, 1.54) is 34.6 Å². The van der Waals surface area contributed by atoms with Gasteiger partial charge in [0.05, 0.1) is 26.2 Å². The van der Waals surface area contributed by atoms with Gasteiger partial charge in [-0.1, -0.05) is 13.8 Å². The Balaban J connectivity index is 1.49. The molecule has 6 heteroatoms. The first-order valence-electron chi connectivity index (χ1n) is 11.0. The van der Waals surface area contributed by atoms with Crippen molar-refractivity contribution >= 4 is 11.7 Å². The summed E-state index contributed by atoms with van der Waals surface area (Å²) >= 11 is 0. The molecule has 1 aliphatic carbocycles. The fourth-order valence-corrected chi connectivity index (χ4v) is 5.13. The van der Waals surface area contributed by atoms with E-state index < -0.39 is 0 Å². The Morgan fingerprint density at radius 1 is 1.11 bits per heavy atom. The standard InChI is InChI=1S/C22H31N5O/c1-16(2)21-18-7-5-6-17(18)19(14-23)22(24-21)27-12-10-26(11-13-27)20(28)15-25-8-3-4-9-25/h16H,3-13,15H2,1-2H3/p+2. The Morgan fingerprint density at radius 2 is 1.79 bits per heavy atom. The zero-order valence-electron chi connectivity index (χ0n) is 17.3. The van der Waals surface area contributed by atoms with Gasteiger partial charge in [0.2, 0.25) is 0 Å². The number of anilines is 1. The number of hydrogen-bond acceptors (Lipinski definition) is 3. The lowest BCUT2D eigenvalue weighted by Gasteiger charge is -2.32. The molecule has 2 N–H and O–H groups in total. The van der Waals surface area contributed by atoms with Gasteiger partial charge in [0, 0.05) is 18.8 Å². The second kappa shape index (κ2) is 8.08. The second-order valence-corrected chi connectivity index (χ2v) is 8.84. The number of nitriles is 1. The third-order valence-electron chi connectivity index (χ3n) is 6.68. The number of amides is 1. The smallest absolute Gasteiger partial charge is 0.293 e. The molecule has 0 saturated carbocycles. The van der Waals surface area contributed by atoms with Crippen molar-refractivity contribution in [2.24, 2.45) is 0 Å². The molecule has 6 nitrogen and oxygen atoms in total. The van der Waals surface area contributed by atoms with Gasteiger partial charge in [0.1, 0.15) is 30.4 Å². The molecule has 0 spiro atoms. The first kappa shape index (κ1) is 19.2. The predicted molar refractivity (Wildman–Crippen MR) is 107 cm³/mol. The lowest BCUT2D eigenvalue weighted by Crippen LogP contribution is -3.11. The summed E-state index contributed by atoms with van der Waals surface area (Å²) in [7, 11) is 0. The Kier molecular flexibility index (Phi) is 5.54. The molecule has 1 aromatic rings. The zero-order chi connectivity index (χ0) is 19.7. The summed E-state index contributed by atoms with van der Waals surface area (Å²) in [5.74, 6) is 1.69. The van der Waals surface area contributed by atoms with Gasteiger partial charge >= 0.3 is 0 Å². The van der Waals surface area contributed by atoms with E-state index in [4.69, 9.17) is 0 Å². The molecule has 4 rings (SSSR count). The maximum Gasteiger partial charge on any atom is 0.293 e. The van der Waals surface area contributed by atoms with Crippen LogP contribution in [-0.4, -0.2) is 56.6 Å². The molecule has 150 valence electrons. The number of quaternary nitrogens is 1. The highest BCUT2D eigenvalue weighted by atomic mass is 16.2. The van der Waals surface area contributed by atoms with Crippen molar-refractivity contribution in [2.45, 2.75) is 51.9 Å². The summed E-state index contributed by atoms with van der Waals surface area (Å²) in [5.41, 5.74) is 4.75. The maximum atomic E-state index is 12.6. The molecular formula is C22H33N5O+2. The molecule has 0 atom stereocenters. The van der Waals surface area contributed by atoms with E-state index in [1.807, 2.05) is 4.90 Å². The molecule has 3 aliphatic rings. The minimum absolute atomic E-state index is 0.290. The van der Waals surface area contributed by atoms with Crippen LogP contribution < -0.4 is 14.8 Å². The third kappa shape index (κ3) is 3.60. The third-order valence-corrected chi connectivity index (χ3v) is 6.68. The minimum Gasteiger partial charge on any atom is -0.330 e. The van der Waals surface area contributed by atoms with E-state index >= 15 is 0 Å². The van der Waals surface area contributed by atoms with E-state index in [0.717, 1.165) is 69.9 Å². The number of carbonyl (C=O) groups is 1. The van der Waals surface area contributed by atoms with E-state index in [2.05, 4.69) is 29.8 Å². The number of piperazine rings is 1. The lowest BCUT2D eigenvalue weighted by molar-refractivity contribution is -0.879. The van der Waals surface area contributed by atoms with Gasteiger partial charge in [-0.05, 0) is 30.4 Å². The van der Waals surface area contributed by atoms with Crippen LogP contribution in [0.3, 0.4) is 0 Å². The number of nitrogens with one attached hydrogen (secondary N) is 2. The van der Waals surface area contributed by atoms with Gasteiger partial charge < -0.3 is 9.80 Å². The first-order valence-corrected chi connectivity index (χ1v) is 11.0. The quantitative estimate of drug-likeness (QED) is 0.814. The van der Waals surface area contributed by atoms with E-state index in [-0.39, 0.29) is 5.91 Å². The van der Waals surface area contributed by atoms with Crippen LogP contribution in [0, 0.1) is 11.3 Å². The lowest BCUT2D eigenvalue weighted by atomic mass is 9.97. The van der Waals surface area contributed by atoms with E-state index in [1.54, 1.807) is 0 Å². The monoisotopic (exact) mass is 383 g/mol. The van der Waals surface area contributed by atoms with Gasteiger partial charge in [0.15, 0.2) is 6.54 Å². The highest BCUT2D eigenvalue weighted by molar-refractivity contribution is 5.77. The zero-order valence-corrected chi connectivity index (χ0v) is 17.3. The normalized spacial score (nSPS) is 19.9. The number of H-pyrrole nitrogens is 1. The van der Waals surface area contributed by atoms with Crippen LogP contribution in [0.25, 0.3) is 0 Å². The van der Waals surface area contributed by atoms with Crippen LogP contribution >= 0.6 is 0 Å². The van der Waals surface area contributed by atoms with Crippen molar-refractivity contribution in [1.29, 1.82) is 5.26 Å². The average molecular weight is 384 g/mol. The van der Waals surface area contributed by atoms with Crippen LogP contribution in [0.5, 0.6) is 0 Å². The van der Waals surface area contributed by atoms with Crippen molar-refractivity contribution < 1.29 is 14.7 Å². The fourth-order valence-electron chi connectivity index (χ4n) is 5.13. The molecule has 2 saturated heterocycles. The van der Waals surface area contributed by atoms with Crippen molar-refractivity contribution in [2.75, 3.05) is 50.7 Å². The first-order chi connectivity index (χ1) is 13.6. The molecule has 1 aromatic heterocycles. The summed E-state index contributed by atoms with van der Waals surface area (Å²) in [4.78, 5) is 22.0. The SMILES string of the molecule is CC(C)c1[nH+]c(N2CCN(C(=O)C[NH+]3CCCC3)CC2)c(C#N)c2c1CCC2. The molecule has 0 aromatic carbocycles. The van der Waals surface area contributed by atoms with Gasteiger partial charge in [-0.3, -0.25) is 9.69 Å². The number of aromatic amines is 1. The molecule has 0 unspecified atom stereocenters. The van der Waals surface area contributed by atoms with Crippen molar-refractivity contribution in [1.82, 2.24) is 4.90 Å². The summed E-state index contributed by atoms with van der Waals surface area (Å²) in [6, 6.07) is 2.48. The van der Waals surface area contributed by atoms with Crippen LogP contribution in [-0.2, 0) is 17.6 Å². The molecular weight excluding hydrogens is 350 g/mol. The average Bonchev–Trinajstić information content (AvgIpc) is 3.38. The van der Waals surface area contributed by atoms with Gasteiger partial charge in [0.25, 0.3) is 11.7 Å². The number of likely N-dealkylation sites (tertiary alicyclic amines) is 1. The molecule has 28 heavy (non-hydrogen) atoms. The number of nitrogens with zero attached hydrogens (tertiary/aromatic N) is 3. The Hall–Kier alpha value is -2.13.